The van der Waals surface area contributed by atoms with Crippen molar-refractivity contribution < 1.29 is 19.5 Å². The van der Waals surface area contributed by atoms with Crippen LogP contribution in [0.5, 0.6) is 0 Å². The van der Waals surface area contributed by atoms with Crippen LogP contribution in [0.2, 0.25) is 30.1 Å². The Bertz CT molecular complexity index is 1970. The van der Waals surface area contributed by atoms with Crippen LogP contribution in [-0.2, 0) is 4.79 Å². The van der Waals surface area contributed by atoms with Gasteiger partial charge in [0, 0.05) is 26.5 Å². The minimum atomic E-state index is -1.50. The Balaban J connectivity index is 1.34. The number of benzene rings is 4. The summed E-state index contributed by atoms with van der Waals surface area (Å²) >= 11 is 39.2. The lowest BCUT2D eigenvalue weighted by Crippen LogP contribution is -2.19. The molecule has 5 rings (SSSR count). The number of aromatic carboxylic acids is 1. The number of carbonyl (C=O) groups is 3. The van der Waals surface area contributed by atoms with E-state index in [0.717, 1.165) is 5.56 Å². The highest BCUT2D eigenvalue weighted by molar-refractivity contribution is 8.00. The van der Waals surface area contributed by atoms with Crippen molar-refractivity contribution in [3.63, 3.8) is 0 Å². The van der Waals surface area contributed by atoms with Gasteiger partial charge >= 0.3 is 5.97 Å². The molecule has 3 N–H and O–H groups in total. The van der Waals surface area contributed by atoms with Crippen molar-refractivity contribution in [3.05, 3.63) is 125 Å². The molecule has 0 bridgehead atoms. The fourth-order valence-corrected chi connectivity index (χ4v) is 7.48. The summed E-state index contributed by atoms with van der Waals surface area (Å²) in [5, 5.41) is 16.3. The number of carbonyl (C=O) groups excluding carboxylic acids is 2. The molecule has 46 heavy (non-hydrogen) atoms. The number of aromatic nitrogens is 1. The maximum Gasteiger partial charge on any atom is 0.338 e. The molecular weight excluding hydrogens is 755 g/mol. The van der Waals surface area contributed by atoms with Crippen LogP contribution in [0.25, 0.3) is 11.3 Å². The molecule has 1 aromatic heterocycles. The minimum Gasteiger partial charge on any atom is -0.478 e. The monoisotopic (exact) mass is 769 g/mol. The van der Waals surface area contributed by atoms with E-state index in [9.17, 15) is 19.5 Å². The molecular formula is C31H17Cl6N3O4S2. The molecule has 0 aliphatic rings. The number of rotatable bonds is 9. The van der Waals surface area contributed by atoms with E-state index >= 15 is 0 Å². The molecule has 0 saturated carbocycles. The quantitative estimate of drug-likeness (QED) is 0.0782. The topological polar surface area (TPSA) is 108 Å². The number of amides is 2. The van der Waals surface area contributed by atoms with Gasteiger partial charge in [-0.2, -0.15) is 0 Å². The van der Waals surface area contributed by atoms with Gasteiger partial charge in [0.05, 0.1) is 41.9 Å². The Hall–Kier alpha value is -2.99. The van der Waals surface area contributed by atoms with Crippen molar-refractivity contribution in [2.24, 2.45) is 0 Å². The van der Waals surface area contributed by atoms with Crippen molar-refractivity contribution in [1.82, 2.24) is 4.98 Å². The molecule has 2 amide bonds. The Morgan fingerprint density at radius 1 is 0.783 bits per heavy atom. The normalized spacial score (nSPS) is 11.6. The summed E-state index contributed by atoms with van der Waals surface area (Å²) in [6, 6.07) is 20.9. The van der Waals surface area contributed by atoms with Crippen LogP contribution < -0.4 is 10.6 Å². The van der Waals surface area contributed by atoms with Gasteiger partial charge in [-0.3, -0.25) is 9.59 Å². The number of carboxylic acid groups (broad SMARTS) is 1. The first kappa shape index (κ1) is 34.3. The Morgan fingerprint density at radius 2 is 1.43 bits per heavy atom. The summed E-state index contributed by atoms with van der Waals surface area (Å²) in [6.45, 7) is 0. The molecule has 7 nitrogen and oxygen atoms in total. The number of halogens is 6. The fourth-order valence-electron chi connectivity index (χ4n) is 4.22. The molecule has 0 aliphatic carbocycles. The second-order valence-corrected chi connectivity index (χ2v) is 13.7. The van der Waals surface area contributed by atoms with E-state index in [1.54, 1.807) is 47.8 Å². The van der Waals surface area contributed by atoms with E-state index in [1.807, 2.05) is 30.3 Å². The molecule has 1 atom stereocenters. The van der Waals surface area contributed by atoms with Crippen molar-refractivity contribution in [2.45, 2.75) is 10.1 Å². The first-order valence-corrected chi connectivity index (χ1v) is 16.9. The zero-order valence-electron chi connectivity index (χ0n) is 22.8. The summed E-state index contributed by atoms with van der Waals surface area (Å²) in [4.78, 5) is 43.8. The van der Waals surface area contributed by atoms with E-state index in [-0.39, 0.29) is 21.0 Å². The van der Waals surface area contributed by atoms with Gasteiger partial charge in [-0.15, -0.1) is 23.1 Å². The number of nitrogens with one attached hydrogen (secondary N) is 2. The Morgan fingerprint density at radius 3 is 2.07 bits per heavy atom. The summed E-state index contributed by atoms with van der Waals surface area (Å²) < 4.78 is 0. The molecule has 15 heteroatoms. The second-order valence-electron chi connectivity index (χ2n) is 9.35. The van der Waals surface area contributed by atoms with Gasteiger partial charge in [0.2, 0.25) is 5.91 Å². The molecule has 4 aromatic carbocycles. The van der Waals surface area contributed by atoms with Crippen LogP contribution in [-0.4, -0.2) is 27.9 Å². The van der Waals surface area contributed by atoms with Crippen LogP contribution in [0.3, 0.4) is 0 Å². The summed E-state index contributed by atoms with van der Waals surface area (Å²) in [7, 11) is 0. The fraction of sp³-hybridized carbons (Fsp3) is 0.0323. The molecule has 0 spiro atoms. The Labute approximate surface area is 300 Å². The van der Waals surface area contributed by atoms with E-state index in [0.29, 0.717) is 37.0 Å². The number of anilines is 2. The maximum absolute atomic E-state index is 13.6. The maximum atomic E-state index is 13.6. The zero-order chi connectivity index (χ0) is 33.1. The highest BCUT2D eigenvalue weighted by atomic mass is 35.5. The van der Waals surface area contributed by atoms with Gasteiger partial charge in [0.25, 0.3) is 5.91 Å². The van der Waals surface area contributed by atoms with Crippen molar-refractivity contribution >= 4 is 121 Å². The third-order valence-electron chi connectivity index (χ3n) is 6.36. The molecule has 0 radical (unpaired) electrons. The number of thiazole rings is 1. The minimum absolute atomic E-state index is 0.247. The van der Waals surface area contributed by atoms with Crippen LogP contribution in [0.4, 0.5) is 10.8 Å². The van der Waals surface area contributed by atoms with Gasteiger partial charge in [0.1, 0.15) is 5.25 Å². The molecule has 0 aliphatic heterocycles. The van der Waals surface area contributed by atoms with Gasteiger partial charge in [-0.25, -0.2) is 9.78 Å². The predicted octanol–water partition coefficient (Wildman–Crippen LogP) is 11.2. The molecule has 1 heterocycles. The third kappa shape index (κ3) is 7.59. The first-order valence-electron chi connectivity index (χ1n) is 12.9. The average molecular weight is 772 g/mol. The summed E-state index contributed by atoms with van der Waals surface area (Å²) in [6.07, 6.45) is 0. The molecule has 5 aromatic rings. The largest absolute Gasteiger partial charge is 0.478 e. The number of carboxylic acids is 1. The summed E-state index contributed by atoms with van der Waals surface area (Å²) in [5.41, 5.74) is 1.35. The number of thioether (sulfide) groups is 1. The highest BCUT2D eigenvalue weighted by Crippen LogP contribution is 2.42. The van der Waals surface area contributed by atoms with Crippen molar-refractivity contribution in [2.75, 3.05) is 10.6 Å². The van der Waals surface area contributed by atoms with E-state index in [2.05, 4.69) is 15.6 Å². The van der Waals surface area contributed by atoms with E-state index in [4.69, 9.17) is 69.6 Å². The summed E-state index contributed by atoms with van der Waals surface area (Å²) in [5.74, 6) is -2.66. The van der Waals surface area contributed by atoms with Crippen molar-refractivity contribution in [3.8, 4) is 11.3 Å². The van der Waals surface area contributed by atoms with Crippen LogP contribution >= 0.6 is 92.7 Å². The standard InChI is InChI=1S/C31H17Cl6N3O4S2/c32-15-6-11-18(19(33)12-15)20-13-45-31(39-20)40-29(42)27(14-4-2-1-3-5-14)46-17-9-7-16(8-10-17)38-28(41)21-22(30(43)44)24(35)26(37)25(36)23(21)34/h1-13,27H,(H,38,41)(H,43,44)(H,39,40,42). The smallest absolute Gasteiger partial charge is 0.338 e. The zero-order valence-corrected chi connectivity index (χ0v) is 29.0. The molecule has 234 valence electrons. The third-order valence-corrected chi connectivity index (χ3v) is 10.7. The SMILES string of the molecule is O=C(O)c1c(Cl)c(Cl)c(Cl)c(Cl)c1C(=O)Nc1ccc(SC(C(=O)Nc2nc(-c3ccc(Cl)cc3Cl)cs2)c2ccccc2)cc1. The highest BCUT2D eigenvalue weighted by Gasteiger charge is 2.29. The molecule has 1 unspecified atom stereocenters. The lowest BCUT2D eigenvalue weighted by molar-refractivity contribution is -0.115. The van der Waals surface area contributed by atoms with Gasteiger partial charge < -0.3 is 15.7 Å². The van der Waals surface area contributed by atoms with Gasteiger partial charge in [-0.05, 0) is 48.0 Å². The number of hydrogen-bond donors (Lipinski definition) is 3. The molecule has 0 saturated heterocycles. The van der Waals surface area contributed by atoms with Gasteiger partial charge in [-0.1, -0.05) is 99.9 Å². The van der Waals surface area contributed by atoms with Gasteiger partial charge in [0.15, 0.2) is 5.13 Å². The first-order chi connectivity index (χ1) is 21.9. The average Bonchev–Trinajstić information content (AvgIpc) is 3.49. The van der Waals surface area contributed by atoms with Crippen LogP contribution in [0, 0.1) is 0 Å². The van der Waals surface area contributed by atoms with Crippen LogP contribution in [0.15, 0.2) is 83.1 Å². The predicted molar refractivity (Wildman–Crippen MR) is 189 cm³/mol. The Kier molecular flexibility index (Phi) is 11.1. The molecule has 0 fully saturated rings. The van der Waals surface area contributed by atoms with E-state index < -0.39 is 33.3 Å². The van der Waals surface area contributed by atoms with E-state index in [1.165, 1.54) is 23.1 Å². The van der Waals surface area contributed by atoms with Crippen molar-refractivity contribution in [1.29, 1.82) is 0 Å². The second kappa shape index (κ2) is 14.8. The lowest BCUT2D eigenvalue weighted by Gasteiger charge is -2.17. The van der Waals surface area contributed by atoms with Crippen LogP contribution in [0.1, 0.15) is 31.5 Å². The number of nitrogens with zero attached hydrogens (tertiary/aromatic N) is 1. The lowest BCUT2D eigenvalue weighted by atomic mass is 10.1. The number of hydrogen-bond acceptors (Lipinski definition) is 6.